The number of rotatable bonds is 3. The molecule has 3 aromatic rings. The maximum atomic E-state index is 13.0. The smallest absolute Gasteiger partial charge is 0.266 e. The lowest BCUT2D eigenvalue weighted by Crippen LogP contribution is -2.80. The van der Waals surface area contributed by atoms with Crippen LogP contribution in [0.3, 0.4) is 0 Å². The van der Waals surface area contributed by atoms with Gasteiger partial charge < -0.3 is 5.32 Å². The fraction of sp³-hybridized carbons (Fsp3) is 0.222. The van der Waals surface area contributed by atoms with Gasteiger partial charge in [0.2, 0.25) is 0 Å². The van der Waals surface area contributed by atoms with Gasteiger partial charge in [-0.25, -0.2) is 4.98 Å². The van der Waals surface area contributed by atoms with Crippen molar-refractivity contribution >= 4 is 22.5 Å². The van der Waals surface area contributed by atoms with Crippen molar-refractivity contribution in [2.75, 3.05) is 7.05 Å². The van der Waals surface area contributed by atoms with Crippen LogP contribution >= 0.6 is 11.6 Å². The minimum Gasteiger partial charge on any atom is -0.340 e. The molecule has 0 amide bonds. The number of quaternary nitrogens is 1. The van der Waals surface area contributed by atoms with E-state index in [4.69, 9.17) is 16.6 Å². The van der Waals surface area contributed by atoms with Crippen molar-refractivity contribution in [2.24, 2.45) is 0 Å². The SMILES string of the molecule is C[NH2+][C@@H](C)c1nc2cc(Cl)ccc2c(=O)n1-c1ccc(C)cc1. The Morgan fingerprint density at radius 1 is 1.17 bits per heavy atom. The molecule has 23 heavy (non-hydrogen) atoms. The van der Waals surface area contributed by atoms with Crippen molar-refractivity contribution < 1.29 is 5.32 Å². The molecule has 0 spiro atoms. The van der Waals surface area contributed by atoms with Crippen LogP contribution in [0.2, 0.25) is 5.02 Å². The molecule has 0 radical (unpaired) electrons. The largest absolute Gasteiger partial charge is 0.340 e. The average molecular weight is 329 g/mol. The van der Waals surface area contributed by atoms with Crippen LogP contribution in [0, 0.1) is 6.92 Å². The van der Waals surface area contributed by atoms with Gasteiger partial charge in [0.15, 0.2) is 5.82 Å². The van der Waals surface area contributed by atoms with Gasteiger partial charge in [-0.3, -0.25) is 9.36 Å². The van der Waals surface area contributed by atoms with Crippen LogP contribution < -0.4 is 10.9 Å². The topological polar surface area (TPSA) is 51.5 Å². The predicted octanol–water partition coefficient (Wildman–Crippen LogP) is 2.60. The number of fused-ring (bicyclic) bond motifs is 1. The van der Waals surface area contributed by atoms with Gasteiger partial charge in [0.25, 0.3) is 5.56 Å². The number of halogens is 1. The zero-order valence-electron chi connectivity index (χ0n) is 13.4. The molecule has 0 unspecified atom stereocenters. The fourth-order valence-corrected chi connectivity index (χ4v) is 2.74. The molecule has 5 heteroatoms. The Morgan fingerprint density at radius 2 is 1.87 bits per heavy atom. The summed E-state index contributed by atoms with van der Waals surface area (Å²) in [5.74, 6) is 0.719. The molecule has 4 nitrogen and oxygen atoms in total. The summed E-state index contributed by atoms with van der Waals surface area (Å²) in [7, 11) is 1.97. The molecule has 0 saturated heterocycles. The molecule has 0 aliphatic rings. The summed E-state index contributed by atoms with van der Waals surface area (Å²) in [6.45, 7) is 4.05. The van der Waals surface area contributed by atoms with Crippen LogP contribution in [0.25, 0.3) is 16.6 Å². The zero-order valence-corrected chi connectivity index (χ0v) is 14.1. The second kappa shape index (κ2) is 6.14. The summed E-state index contributed by atoms with van der Waals surface area (Å²) in [5, 5.41) is 3.18. The number of hydrogen-bond donors (Lipinski definition) is 1. The Bertz CT molecular complexity index is 916. The highest BCUT2D eigenvalue weighted by molar-refractivity contribution is 6.31. The van der Waals surface area contributed by atoms with Crippen LogP contribution in [-0.2, 0) is 0 Å². The molecular weight excluding hydrogens is 310 g/mol. The Kier molecular flexibility index (Phi) is 4.20. The average Bonchev–Trinajstić information content (AvgIpc) is 2.54. The predicted molar refractivity (Wildman–Crippen MR) is 93.4 cm³/mol. The molecule has 0 fully saturated rings. The third-order valence-electron chi connectivity index (χ3n) is 4.06. The van der Waals surface area contributed by atoms with Gasteiger partial charge in [-0.05, 0) is 44.2 Å². The van der Waals surface area contributed by atoms with Gasteiger partial charge in [-0.2, -0.15) is 0 Å². The summed E-state index contributed by atoms with van der Waals surface area (Å²) in [4.78, 5) is 17.7. The lowest BCUT2D eigenvalue weighted by Gasteiger charge is -2.16. The van der Waals surface area contributed by atoms with E-state index >= 15 is 0 Å². The molecule has 3 rings (SSSR count). The van der Waals surface area contributed by atoms with Crippen molar-refractivity contribution in [1.82, 2.24) is 9.55 Å². The summed E-state index contributed by atoms with van der Waals surface area (Å²) in [6, 6.07) is 13.1. The normalized spacial score (nSPS) is 12.5. The fourth-order valence-electron chi connectivity index (χ4n) is 2.57. The van der Waals surface area contributed by atoms with E-state index < -0.39 is 0 Å². The van der Waals surface area contributed by atoms with Gasteiger partial charge in [-0.1, -0.05) is 29.3 Å². The van der Waals surface area contributed by atoms with Crippen molar-refractivity contribution in [2.45, 2.75) is 19.9 Å². The number of aryl methyl sites for hydroxylation is 1. The molecule has 1 atom stereocenters. The Hall–Kier alpha value is -2.17. The van der Waals surface area contributed by atoms with Crippen LogP contribution in [0.5, 0.6) is 0 Å². The first-order chi connectivity index (χ1) is 11.0. The molecule has 118 valence electrons. The number of nitrogens with zero attached hydrogens (tertiary/aromatic N) is 2. The minimum atomic E-state index is -0.0702. The van der Waals surface area contributed by atoms with E-state index in [0.717, 1.165) is 17.1 Å². The van der Waals surface area contributed by atoms with E-state index in [2.05, 4.69) is 0 Å². The van der Waals surface area contributed by atoms with Crippen LogP contribution in [0.4, 0.5) is 0 Å². The van der Waals surface area contributed by atoms with E-state index in [1.54, 1.807) is 22.8 Å². The van der Waals surface area contributed by atoms with Crippen LogP contribution in [0.15, 0.2) is 47.3 Å². The van der Waals surface area contributed by atoms with Gasteiger partial charge in [-0.15, -0.1) is 0 Å². The number of aromatic nitrogens is 2. The van der Waals surface area contributed by atoms with E-state index in [0.29, 0.717) is 15.9 Å². The van der Waals surface area contributed by atoms with Crippen molar-refractivity contribution in [3.8, 4) is 5.69 Å². The zero-order chi connectivity index (χ0) is 16.6. The molecule has 0 aliphatic heterocycles. The summed E-state index contributed by atoms with van der Waals surface area (Å²) >= 11 is 6.05. The third kappa shape index (κ3) is 2.87. The molecule has 1 heterocycles. The standard InChI is InChI=1S/C18H18ClN3O/c1-11-4-7-14(8-5-11)22-17(12(2)20-3)21-16-10-13(19)6-9-15(16)18(22)23/h4-10,12,20H,1-3H3/p+1/t12-/m0/s1. The van der Waals surface area contributed by atoms with E-state index in [-0.39, 0.29) is 11.6 Å². The number of nitrogens with two attached hydrogens (primary N) is 1. The highest BCUT2D eigenvalue weighted by Gasteiger charge is 2.19. The first-order valence-corrected chi connectivity index (χ1v) is 7.98. The highest BCUT2D eigenvalue weighted by atomic mass is 35.5. The summed E-state index contributed by atoms with van der Waals surface area (Å²) in [6.07, 6.45) is 0. The van der Waals surface area contributed by atoms with Crippen molar-refractivity contribution in [3.05, 3.63) is 69.2 Å². The Balaban J connectivity index is 2.38. The number of hydrogen-bond acceptors (Lipinski definition) is 2. The van der Waals surface area contributed by atoms with E-state index in [1.165, 1.54) is 0 Å². The highest BCUT2D eigenvalue weighted by Crippen LogP contribution is 2.19. The monoisotopic (exact) mass is 328 g/mol. The van der Waals surface area contributed by atoms with Gasteiger partial charge in [0.1, 0.15) is 6.04 Å². The van der Waals surface area contributed by atoms with Crippen molar-refractivity contribution in [3.63, 3.8) is 0 Å². The quantitative estimate of drug-likeness (QED) is 0.803. The molecule has 0 saturated carbocycles. The second-order valence-electron chi connectivity index (χ2n) is 5.73. The lowest BCUT2D eigenvalue weighted by molar-refractivity contribution is -0.668. The lowest BCUT2D eigenvalue weighted by atomic mass is 10.2. The maximum Gasteiger partial charge on any atom is 0.266 e. The second-order valence-corrected chi connectivity index (χ2v) is 6.17. The van der Waals surface area contributed by atoms with Crippen molar-refractivity contribution in [1.29, 1.82) is 0 Å². The first-order valence-electron chi connectivity index (χ1n) is 7.60. The number of benzene rings is 2. The molecule has 2 aromatic carbocycles. The molecule has 2 N–H and O–H groups in total. The van der Waals surface area contributed by atoms with Gasteiger partial charge >= 0.3 is 0 Å². The maximum absolute atomic E-state index is 13.0. The minimum absolute atomic E-state index is 0.0485. The third-order valence-corrected chi connectivity index (χ3v) is 4.29. The molecule has 0 bridgehead atoms. The summed E-state index contributed by atoms with van der Waals surface area (Å²) in [5.41, 5.74) is 2.54. The molecular formula is C18H19ClN3O+. The molecule has 0 aliphatic carbocycles. The van der Waals surface area contributed by atoms with E-state index in [1.807, 2.05) is 50.5 Å². The van der Waals surface area contributed by atoms with Gasteiger partial charge in [0.05, 0.1) is 23.6 Å². The first kappa shape index (κ1) is 15.7. The van der Waals surface area contributed by atoms with Crippen LogP contribution in [0.1, 0.15) is 24.4 Å². The van der Waals surface area contributed by atoms with Crippen LogP contribution in [-0.4, -0.2) is 16.6 Å². The Morgan fingerprint density at radius 3 is 2.52 bits per heavy atom. The Labute approximate surface area is 139 Å². The summed E-state index contributed by atoms with van der Waals surface area (Å²) < 4.78 is 1.69. The molecule has 1 aromatic heterocycles. The van der Waals surface area contributed by atoms with E-state index in [9.17, 15) is 4.79 Å². The van der Waals surface area contributed by atoms with Gasteiger partial charge in [0, 0.05) is 5.02 Å².